The first kappa shape index (κ1) is 15.3. The first-order valence-electron chi connectivity index (χ1n) is 5.18. The van der Waals surface area contributed by atoms with Crippen molar-refractivity contribution >= 4 is 12.0 Å². The smallest absolute Gasteiger partial charge is 0.431 e. The van der Waals surface area contributed by atoms with Gasteiger partial charge in [0.25, 0.3) is 5.91 Å². The Morgan fingerprint density at radius 1 is 1.41 bits per heavy atom. The van der Waals surface area contributed by atoms with Gasteiger partial charge in [0.1, 0.15) is 5.60 Å². The zero-order chi connectivity index (χ0) is 13.5. The van der Waals surface area contributed by atoms with Crippen LogP contribution in [-0.2, 0) is 14.4 Å². The summed E-state index contributed by atoms with van der Waals surface area (Å²) in [6.45, 7) is 6.92. The fourth-order valence-electron chi connectivity index (χ4n) is 0.759. The Labute approximate surface area is 101 Å². The van der Waals surface area contributed by atoms with E-state index in [1.165, 1.54) is 0 Å². The summed E-state index contributed by atoms with van der Waals surface area (Å²) in [5.41, 5.74) is 6.35. The van der Waals surface area contributed by atoms with Gasteiger partial charge in [-0.15, -0.1) is 5.92 Å². The Morgan fingerprint density at radius 2 is 2.00 bits per heavy atom. The summed E-state index contributed by atoms with van der Waals surface area (Å²) in [6, 6.07) is 0. The molecule has 0 radical (unpaired) electrons. The molecule has 1 unspecified atom stereocenters. The van der Waals surface area contributed by atoms with Gasteiger partial charge in [-0.05, 0) is 20.8 Å². The number of nitrogens with one attached hydrogen (secondary N) is 1. The third-order valence-corrected chi connectivity index (χ3v) is 1.33. The maximum absolute atomic E-state index is 11.2. The molecule has 1 atom stereocenters. The van der Waals surface area contributed by atoms with Crippen LogP contribution in [0.15, 0.2) is 0 Å². The third-order valence-electron chi connectivity index (χ3n) is 1.33. The zero-order valence-electron chi connectivity index (χ0n) is 10.5. The minimum Gasteiger partial charge on any atom is -0.442 e. The van der Waals surface area contributed by atoms with Gasteiger partial charge in [-0.1, -0.05) is 12.8 Å². The van der Waals surface area contributed by atoms with Gasteiger partial charge in [0, 0.05) is 6.42 Å². The van der Waals surface area contributed by atoms with Crippen LogP contribution in [0.3, 0.4) is 0 Å². The summed E-state index contributed by atoms with van der Waals surface area (Å²) in [6.07, 6.45) is -1.43. The van der Waals surface area contributed by atoms with Crippen LogP contribution in [0.25, 0.3) is 0 Å². The standard InChI is InChI=1S/C11H18N2O4/c1-5-6-7-8(9(12)14)17-13-10(15)16-11(2,3)4/h8H,5H2,1-4H3,(H2,12,14)(H,13,15). The Hall–Kier alpha value is -1.74. The monoisotopic (exact) mass is 242 g/mol. The quantitative estimate of drug-likeness (QED) is 0.563. The number of carbonyl (C=O) groups is 2. The predicted molar refractivity (Wildman–Crippen MR) is 61.5 cm³/mol. The van der Waals surface area contributed by atoms with Gasteiger partial charge in [0.05, 0.1) is 0 Å². The molecule has 6 nitrogen and oxygen atoms in total. The van der Waals surface area contributed by atoms with E-state index >= 15 is 0 Å². The number of hydroxylamine groups is 1. The lowest BCUT2D eigenvalue weighted by atomic mass is 10.2. The van der Waals surface area contributed by atoms with Gasteiger partial charge < -0.3 is 10.5 Å². The van der Waals surface area contributed by atoms with E-state index in [1.54, 1.807) is 20.8 Å². The van der Waals surface area contributed by atoms with E-state index in [4.69, 9.17) is 15.3 Å². The number of rotatable bonds is 3. The number of amides is 2. The van der Waals surface area contributed by atoms with E-state index in [0.29, 0.717) is 6.42 Å². The van der Waals surface area contributed by atoms with E-state index in [2.05, 4.69) is 11.8 Å². The van der Waals surface area contributed by atoms with E-state index in [0.717, 1.165) is 0 Å². The molecule has 0 aliphatic carbocycles. The second kappa shape index (κ2) is 6.76. The average Bonchev–Trinajstić information content (AvgIpc) is 2.14. The minimum absolute atomic E-state index is 0.555. The van der Waals surface area contributed by atoms with Gasteiger partial charge in [-0.2, -0.15) is 5.48 Å². The SMILES string of the molecule is CCC#CC(ONC(=O)OC(C)(C)C)C(N)=O. The fourth-order valence-corrected chi connectivity index (χ4v) is 0.759. The molecule has 17 heavy (non-hydrogen) atoms. The van der Waals surface area contributed by atoms with Crippen molar-refractivity contribution in [2.75, 3.05) is 0 Å². The molecule has 6 heteroatoms. The van der Waals surface area contributed by atoms with E-state index < -0.39 is 23.7 Å². The summed E-state index contributed by atoms with van der Waals surface area (Å²) in [5, 5.41) is 0. The third kappa shape index (κ3) is 8.11. The summed E-state index contributed by atoms with van der Waals surface area (Å²) in [5.74, 6) is 4.33. The zero-order valence-corrected chi connectivity index (χ0v) is 10.5. The molecule has 2 amide bonds. The molecule has 0 fully saturated rings. The van der Waals surface area contributed by atoms with Crippen LogP contribution in [-0.4, -0.2) is 23.7 Å². The van der Waals surface area contributed by atoms with Gasteiger partial charge in [0.2, 0.25) is 6.10 Å². The Bertz CT molecular complexity index is 336. The first-order chi connectivity index (χ1) is 7.76. The van der Waals surface area contributed by atoms with Crippen LogP contribution < -0.4 is 11.2 Å². The van der Waals surface area contributed by atoms with Gasteiger partial charge in [-0.25, -0.2) is 9.63 Å². The molecule has 0 saturated carbocycles. The fraction of sp³-hybridized carbons (Fsp3) is 0.636. The number of primary amides is 1. The number of hydrogen-bond acceptors (Lipinski definition) is 4. The van der Waals surface area contributed by atoms with Crippen molar-refractivity contribution in [3.63, 3.8) is 0 Å². The minimum atomic E-state index is -1.18. The van der Waals surface area contributed by atoms with Crippen LogP contribution in [0, 0.1) is 11.8 Å². The van der Waals surface area contributed by atoms with E-state index in [9.17, 15) is 9.59 Å². The number of ether oxygens (including phenoxy) is 1. The van der Waals surface area contributed by atoms with Crippen LogP contribution in [0.4, 0.5) is 4.79 Å². The molecule has 0 aromatic heterocycles. The first-order valence-corrected chi connectivity index (χ1v) is 5.18. The number of nitrogens with two attached hydrogens (primary N) is 1. The maximum Gasteiger partial charge on any atom is 0.431 e. The molecule has 96 valence electrons. The van der Waals surface area contributed by atoms with Crippen molar-refractivity contribution in [2.24, 2.45) is 5.73 Å². The molecule has 0 rings (SSSR count). The number of carbonyl (C=O) groups excluding carboxylic acids is 2. The Morgan fingerprint density at radius 3 is 2.41 bits per heavy atom. The highest BCUT2D eigenvalue weighted by Gasteiger charge is 2.19. The average molecular weight is 242 g/mol. The normalized spacial score (nSPS) is 12.0. The molecule has 0 aromatic rings. The second-order valence-corrected chi connectivity index (χ2v) is 4.18. The molecule has 0 spiro atoms. The van der Waals surface area contributed by atoms with Crippen molar-refractivity contribution in [2.45, 2.75) is 45.8 Å². The molecule has 0 heterocycles. The van der Waals surface area contributed by atoms with Crippen LogP contribution in [0.2, 0.25) is 0 Å². The lowest BCUT2D eigenvalue weighted by Gasteiger charge is -2.19. The predicted octanol–water partition coefficient (Wildman–Crippen LogP) is 0.710. The second-order valence-electron chi connectivity index (χ2n) is 4.18. The van der Waals surface area contributed by atoms with Crippen LogP contribution in [0.5, 0.6) is 0 Å². The van der Waals surface area contributed by atoms with Crippen molar-refractivity contribution in [3.8, 4) is 11.8 Å². The van der Waals surface area contributed by atoms with Crippen molar-refractivity contribution in [1.82, 2.24) is 5.48 Å². The van der Waals surface area contributed by atoms with Gasteiger partial charge >= 0.3 is 6.09 Å². The van der Waals surface area contributed by atoms with Crippen LogP contribution in [0.1, 0.15) is 34.1 Å². The molecule has 0 aromatic carbocycles. The Balaban J connectivity index is 4.23. The topological polar surface area (TPSA) is 90.7 Å². The summed E-state index contributed by atoms with van der Waals surface area (Å²) in [7, 11) is 0. The van der Waals surface area contributed by atoms with Gasteiger partial charge in [0.15, 0.2) is 0 Å². The lowest BCUT2D eigenvalue weighted by molar-refractivity contribution is -0.129. The van der Waals surface area contributed by atoms with E-state index in [1.807, 2.05) is 12.4 Å². The van der Waals surface area contributed by atoms with Gasteiger partial charge in [-0.3, -0.25) is 4.79 Å². The summed E-state index contributed by atoms with van der Waals surface area (Å²) >= 11 is 0. The highest BCUT2D eigenvalue weighted by atomic mass is 16.7. The van der Waals surface area contributed by atoms with Crippen molar-refractivity contribution in [1.29, 1.82) is 0 Å². The van der Waals surface area contributed by atoms with E-state index in [-0.39, 0.29) is 0 Å². The molecule has 3 N–H and O–H groups in total. The summed E-state index contributed by atoms with van der Waals surface area (Å²) in [4.78, 5) is 26.8. The van der Waals surface area contributed by atoms with Crippen molar-refractivity contribution < 1.29 is 19.2 Å². The highest BCUT2D eigenvalue weighted by Crippen LogP contribution is 2.06. The molecular weight excluding hydrogens is 224 g/mol. The molecular formula is C11H18N2O4. The largest absolute Gasteiger partial charge is 0.442 e. The maximum atomic E-state index is 11.2. The van der Waals surface area contributed by atoms with Crippen molar-refractivity contribution in [3.05, 3.63) is 0 Å². The Kier molecular flexibility index (Phi) is 6.07. The molecule has 0 aliphatic rings. The summed E-state index contributed by atoms with van der Waals surface area (Å²) < 4.78 is 4.90. The molecule has 0 bridgehead atoms. The number of hydrogen-bond donors (Lipinski definition) is 2. The highest BCUT2D eigenvalue weighted by molar-refractivity contribution is 5.82. The lowest BCUT2D eigenvalue weighted by Crippen LogP contribution is -2.39. The molecule has 0 saturated heterocycles. The van der Waals surface area contributed by atoms with Crippen LogP contribution >= 0.6 is 0 Å². The molecule has 0 aliphatic heterocycles.